The molecule has 3 rings (SSSR count). The third-order valence-electron chi connectivity index (χ3n) is 4.33. The van der Waals surface area contributed by atoms with E-state index in [2.05, 4.69) is 9.97 Å². The molecule has 1 aliphatic heterocycles. The van der Waals surface area contributed by atoms with E-state index in [1.807, 2.05) is 6.92 Å². The third-order valence-corrected chi connectivity index (χ3v) is 4.33. The number of likely N-dealkylation sites (tertiary alicyclic amines) is 1. The van der Waals surface area contributed by atoms with Crippen LogP contribution in [0.4, 0.5) is 0 Å². The lowest BCUT2D eigenvalue weighted by atomic mass is 10.1. The van der Waals surface area contributed by atoms with Gasteiger partial charge in [0.25, 0.3) is 11.5 Å². The molecule has 0 aliphatic carbocycles. The molecular formula is C15H19N5O3. The van der Waals surface area contributed by atoms with Crippen molar-refractivity contribution in [2.24, 2.45) is 14.1 Å². The fourth-order valence-corrected chi connectivity index (χ4v) is 2.91. The number of aryl methyl sites for hydroxylation is 1. The maximum atomic E-state index is 12.7. The molecule has 1 amide bonds. The lowest BCUT2D eigenvalue weighted by Crippen LogP contribution is -2.41. The van der Waals surface area contributed by atoms with E-state index < -0.39 is 11.2 Å². The van der Waals surface area contributed by atoms with Crippen molar-refractivity contribution in [1.29, 1.82) is 0 Å². The van der Waals surface area contributed by atoms with Gasteiger partial charge in [0.1, 0.15) is 11.5 Å². The Morgan fingerprint density at radius 3 is 2.70 bits per heavy atom. The van der Waals surface area contributed by atoms with E-state index in [1.54, 1.807) is 11.1 Å². The third kappa shape index (κ3) is 2.60. The second kappa shape index (κ2) is 5.53. The highest BCUT2D eigenvalue weighted by Gasteiger charge is 2.30. The van der Waals surface area contributed by atoms with Crippen molar-refractivity contribution in [2.75, 3.05) is 13.1 Å². The second-order valence-corrected chi connectivity index (χ2v) is 5.96. The molecule has 0 bridgehead atoms. The van der Waals surface area contributed by atoms with Crippen LogP contribution in [0.2, 0.25) is 0 Å². The van der Waals surface area contributed by atoms with Gasteiger partial charge in [-0.2, -0.15) is 0 Å². The number of rotatable bonds is 2. The highest BCUT2D eigenvalue weighted by molar-refractivity contribution is 5.92. The van der Waals surface area contributed by atoms with Crippen LogP contribution in [0.15, 0.2) is 21.9 Å². The zero-order valence-corrected chi connectivity index (χ0v) is 13.4. The molecule has 1 fully saturated rings. The van der Waals surface area contributed by atoms with E-state index in [9.17, 15) is 14.4 Å². The first-order chi connectivity index (χ1) is 10.9. The smallest absolute Gasteiger partial charge is 0.331 e. The summed E-state index contributed by atoms with van der Waals surface area (Å²) in [5.41, 5.74) is 0.125. The monoisotopic (exact) mass is 317 g/mol. The molecule has 2 aromatic rings. The lowest BCUT2D eigenvalue weighted by Gasteiger charge is -2.18. The van der Waals surface area contributed by atoms with E-state index in [-0.39, 0.29) is 17.5 Å². The van der Waals surface area contributed by atoms with Crippen molar-refractivity contribution in [1.82, 2.24) is 24.0 Å². The van der Waals surface area contributed by atoms with Crippen LogP contribution in [0.3, 0.4) is 0 Å². The largest absolute Gasteiger partial charge is 0.346 e. The van der Waals surface area contributed by atoms with Gasteiger partial charge in [0.05, 0.1) is 0 Å². The van der Waals surface area contributed by atoms with Crippen LogP contribution in [0.5, 0.6) is 0 Å². The Hall–Kier alpha value is -2.64. The van der Waals surface area contributed by atoms with Crippen molar-refractivity contribution in [3.8, 4) is 0 Å². The summed E-state index contributed by atoms with van der Waals surface area (Å²) in [4.78, 5) is 45.6. The predicted molar refractivity (Wildman–Crippen MR) is 83.5 cm³/mol. The van der Waals surface area contributed by atoms with Crippen LogP contribution in [0.25, 0.3) is 0 Å². The molecule has 1 atom stereocenters. The van der Waals surface area contributed by atoms with Crippen molar-refractivity contribution < 1.29 is 4.79 Å². The highest BCUT2D eigenvalue weighted by atomic mass is 16.2. The summed E-state index contributed by atoms with van der Waals surface area (Å²) in [6, 6.07) is 1.22. The molecule has 1 saturated heterocycles. The zero-order chi connectivity index (χ0) is 16.7. The minimum absolute atomic E-state index is 0.120. The van der Waals surface area contributed by atoms with E-state index in [0.717, 1.165) is 22.5 Å². The van der Waals surface area contributed by atoms with Gasteiger partial charge in [0.2, 0.25) is 0 Å². The molecule has 0 saturated carbocycles. The number of hydrogen-bond acceptors (Lipinski definition) is 4. The Labute approximate surface area is 132 Å². The van der Waals surface area contributed by atoms with Crippen molar-refractivity contribution in [3.63, 3.8) is 0 Å². The first-order valence-corrected chi connectivity index (χ1v) is 7.46. The fraction of sp³-hybridized carbons (Fsp3) is 0.467. The number of aromatic nitrogens is 4. The number of carbonyl (C=O) groups is 1. The van der Waals surface area contributed by atoms with Gasteiger partial charge in [-0.1, -0.05) is 0 Å². The van der Waals surface area contributed by atoms with Gasteiger partial charge in [-0.15, -0.1) is 0 Å². The van der Waals surface area contributed by atoms with E-state index in [1.165, 1.54) is 24.7 Å². The minimum atomic E-state index is -0.502. The predicted octanol–water partition coefficient (Wildman–Crippen LogP) is -0.255. The first kappa shape index (κ1) is 15.3. The molecule has 1 aliphatic rings. The molecule has 0 spiro atoms. The summed E-state index contributed by atoms with van der Waals surface area (Å²) < 4.78 is 2.20. The molecule has 0 radical (unpaired) electrons. The molecule has 3 heterocycles. The van der Waals surface area contributed by atoms with Crippen molar-refractivity contribution in [2.45, 2.75) is 19.3 Å². The van der Waals surface area contributed by atoms with E-state index in [4.69, 9.17) is 0 Å². The van der Waals surface area contributed by atoms with Crippen LogP contribution in [0, 0.1) is 6.92 Å². The van der Waals surface area contributed by atoms with E-state index in [0.29, 0.717) is 13.1 Å². The quantitative estimate of drug-likeness (QED) is 0.826. The summed E-state index contributed by atoms with van der Waals surface area (Å²) >= 11 is 0. The molecule has 1 N–H and O–H groups in total. The summed E-state index contributed by atoms with van der Waals surface area (Å²) in [5.74, 6) is 0.722. The molecule has 23 heavy (non-hydrogen) atoms. The maximum Gasteiger partial charge on any atom is 0.331 e. The van der Waals surface area contributed by atoms with Gasteiger partial charge in [0, 0.05) is 51.1 Å². The number of hydrogen-bond donors (Lipinski definition) is 1. The van der Waals surface area contributed by atoms with Crippen LogP contribution in [0.1, 0.15) is 34.3 Å². The topological polar surface area (TPSA) is 93.0 Å². The Morgan fingerprint density at radius 2 is 2.04 bits per heavy atom. The Bertz CT molecular complexity index is 876. The fourth-order valence-electron chi connectivity index (χ4n) is 2.91. The summed E-state index contributed by atoms with van der Waals surface area (Å²) in [5, 5.41) is 0. The molecule has 0 aromatic carbocycles. The van der Waals surface area contributed by atoms with Gasteiger partial charge >= 0.3 is 5.69 Å². The van der Waals surface area contributed by atoms with Crippen LogP contribution in [-0.2, 0) is 14.1 Å². The molecule has 8 nitrogen and oxygen atoms in total. The normalized spacial score (nSPS) is 17.7. The van der Waals surface area contributed by atoms with Crippen LogP contribution >= 0.6 is 0 Å². The van der Waals surface area contributed by atoms with Gasteiger partial charge in [-0.05, 0) is 13.3 Å². The Morgan fingerprint density at radius 1 is 1.30 bits per heavy atom. The first-order valence-electron chi connectivity index (χ1n) is 7.46. The lowest BCUT2D eigenvalue weighted by molar-refractivity contribution is 0.0778. The van der Waals surface area contributed by atoms with Crippen molar-refractivity contribution >= 4 is 5.91 Å². The SMILES string of the molecule is Cc1cnc([C@@H]2CCN(C(=O)c3cc(=O)n(C)c(=O)n3C)C2)[nH]1. The van der Waals surface area contributed by atoms with Crippen LogP contribution < -0.4 is 11.2 Å². The number of carbonyl (C=O) groups excluding carboxylic acids is 1. The number of H-pyrrole nitrogens is 1. The zero-order valence-electron chi connectivity index (χ0n) is 13.4. The molecule has 122 valence electrons. The summed E-state index contributed by atoms with van der Waals surface area (Å²) in [7, 11) is 2.89. The number of imidazole rings is 1. The average molecular weight is 317 g/mol. The molecule has 0 unspecified atom stereocenters. The van der Waals surface area contributed by atoms with Crippen molar-refractivity contribution in [3.05, 3.63) is 50.3 Å². The standard InChI is InChI=1S/C15H19N5O3/c1-9-7-16-13(17-9)10-4-5-20(8-10)14(22)11-6-12(21)19(3)15(23)18(11)2/h6-7,10H,4-5,8H2,1-3H3,(H,16,17)/t10-/m1/s1. The minimum Gasteiger partial charge on any atom is -0.346 e. The highest BCUT2D eigenvalue weighted by Crippen LogP contribution is 2.25. The van der Waals surface area contributed by atoms with Gasteiger partial charge in [0.15, 0.2) is 0 Å². The molecular weight excluding hydrogens is 298 g/mol. The molecule has 8 heteroatoms. The van der Waals surface area contributed by atoms with Crippen LogP contribution in [-0.4, -0.2) is 43.0 Å². The number of nitrogens with zero attached hydrogens (tertiary/aromatic N) is 4. The maximum absolute atomic E-state index is 12.7. The number of aromatic amines is 1. The number of nitrogens with one attached hydrogen (secondary N) is 1. The molecule has 2 aromatic heterocycles. The Kier molecular flexibility index (Phi) is 3.67. The average Bonchev–Trinajstić information content (AvgIpc) is 3.17. The number of amides is 1. The Balaban J connectivity index is 1.85. The van der Waals surface area contributed by atoms with Gasteiger partial charge in [-0.3, -0.25) is 18.7 Å². The van der Waals surface area contributed by atoms with E-state index >= 15 is 0 Å². The van der Waals surface area contributed by atoms with Gasteiger partial charge < -0.3 is 9.88 Å². The summed E-state index contributed by atoms with van der Waals surface area (Å²) in [6.45, 7) is 3.03. The second-order valence-electron chi connectivity index (χ2n) is 5.96. The summed E-state index contributed by atoms with van der Waals surface area (Å²) in [6.07, 6.45) is 2.57. The van der Waals surface area contributed by atoms with Gasteiger partial charge in [-0.25, -0.2) is 9.78 Å².